The first kappa shape index (κ1) is 29.4. The van der Waals surface area contributed by atoms with E-state index in [1.54, 1.807) is 22.7 Å². The highest BCUT2D eigenvalue weighted by atomic mass is 32.2. The number of nitriles is 1. The summed E-state index contributed by atoms with van der Waals surface area (Å²) in [5, 5.41) is 20.0. The fraction of sp³-hybridized carbons (Fsp3) is 0.412. The minimum atomic E-state index is -0.248. The number of carbonyl (C=O) groups is 3. The fourth-order valence-electron chi connectivity index (χ4n) is 6.79. The van der Waals surface area contributed by atoms with Crippen LogP contribution >= 0.6 is 11.8 Å². The Hall–Kier alpha value is -4.27. The van der Waals surface area contributed by atoms with Gasteiger partial charge >= 0.3 is 6.03 Å². The number of piperidine rings is 2. The van der Waals surface area contributed by atoms with Crippen LogP contribution in [0.4, 0.5) is 10.5 Å². The average Bonchev–Trinajstić information content (AvgIpc) is 3.81. The van der Waals surface area contributed by atoms with Crippen LogP contribution in [-0.2, 0) is 9.59 Å². The second-order valence-electron chi connectivity index (χ2n) is 12.4. The van der Waals surface area contributed by atoms with Gasteiger partial charge in [0.05, 0.1) is 22.1 Å². The molecule has 0 bridgehead atoms. The molecule has 11 heteroatoms. The third kappa shape index (κ3) is 5.92. The summed E-state index contributed by atoms with van der Waals surface area (Å²) in [6, 6.07) is 17.2. The van der Waals surface area contributed by atoms with Crippen molar-refractivity contribution in [3.8, 4) is 17.6 Å². The molecule has 0 aromatic heterocycles. The molecule has 10 nitrogen and oxygen atoms in total. The number of urea groups is 1. The van der Waals surface area contributed by atoms with Crippen molar-refractivity contribution in [3.63, 3.8) is 0 Å². The van der Waals surface area contributed by atoms with Gasteiger partial charge < -0.3 is 25.6 Å². The first-order valence-electron chi connectivity index (χ1n) is 15.7. The van der Waals surface area contributed by atoms with Gasteiger partial charge in [-0.05, 0) is 87.4 Å². The molecule has 3 N–H and O–H groups in total. The van der Waals surface area contributed by atoms with Crippen molar-refractivity contribution in [2.24, 2.45) is 17.8 Å². The van der Waals surface area contributed by atoms with Crippen LogP contribution in [0.1, 0.15) is 37.7 Å². The Balaban J connectivity index is 1.03. The van der Waals surface area contributed by atoms with Gasteiger partial charge in [0.1, 0.15) is 23.1 Å². The van der Waals surface area contributed by atoms with Crippen molar-refractivity contribution in [1.82, 2.24) is 20.9 Å². The number of thioether (sulfide) groups is 1. The number of anilines is 1. The van der Waals surface area contributed by atoms with Crippen molar-refractivity contribution in [2.75, 3.05) is 24.5 Å². The molecule has 3 saturated heterocycles. The third-order valence-corrected chi connectivity index (χ3v) is 10.6. The van der Waals surface area contributed by atoms with Crippen LogP contribution in [0.15, 0.2) is 70.9 Å². The molecule has 1 aliphatic carbocycles. The maximum Gasteiger partial charge on any atom is 0.326 e. The Morgan fingerprint density at radius 1 is 1.07 bits per heavy atom. The Kier molecular flexibility index (Phi) is 8.02. The molecule has 2 aromatic rings. The Bertz CT molecular complexity index is 1620. The van der Waals surface area contributed by atoms with Crippen molar-refractivity contribution in [1.29, 1.82) is 5.26 Å². The maximum atomic E-state index is 13.7. The van der Waals surface area contributed by atoms with Crippen molar-refractivity contribution in [3.05, 3.63) is 76.5 Å². The highest BCUT2D eigenvalue weighted by Crippen LogP contribution is 2.47. The number of hydrogen-bond acceptors (Lipinski definition) is 7. The summed E-state index contributed by atoms with van der Waals surface area (Å²) in [4.78, 5) is 43.5. The van der Waals surface area contributed by atoms with E-state index < -0.39 is 0 Å². The van der Waals surface area contributed by atoms with Crippen molar-refractivity contribution < 1.29 is 19.1 Å². The summed E-state index contributed by atoms with van der Waals surface area (Å²) < 4.78 is 6.01. The number of rotatable bonds is 7. The number of aryl methyl sites for hydroxylation is 1. The quantitative estimate of drug-likeness (QED) is 0.300. The number of benzene rings is 2. The third-order valence-electron chi connectivity index (χ3n) is 9.31. The summed E-state index contributed by atoms with van der Waals surface area (Å²) in [6.45, 7) is 3.63. The summed E-state index contributed by atoms with van der Waals surface area (Å²) in [5.74, 6) is 1.23. The number of nitrogens with zero attached hydrogens (tertiary/aromatic N) is 3. The van der Waals surface area contributed by atoms with Gasteiger partial charge in [-0.25, -0.2) is 4.79 Å². The Labute approximate surface area is 266 Å². The molecule has 2 aromatic carbocycles. The number of likely N-dealkylation sites (tertiary alicyclic amines) is 1. The van der Waals surface area contributed by atoms with E-state index in [-0.39, 0.29) is 46.7 Å². The molecule has 4 aliphatic heterocycles. The zero-order valence-corrected chi connectivity index (χ0v) is 25.9. The minimum absolute atomic E-state index is 0.00137. The number of amides is 4. The number of para-hydroxylation sites is 1. The van der Waals surface area contributed by atoms with Crippen LogP contribution in [0.25, 0.3) is 0 Å². The molecule has 3 unspecified atom stereocenters. The van der Waals surface area contributed by atoms with E-state index in [9.17, 15) is 19.6 Å². The van der Waals surface area contributed by atoms with E-state index in [1.807, 2.05) is 60.4 Å². The average molecular weight is 625 g/mol. The molecule has 232 valence electrons. The smallest absolute Gasteiger partial charge is 0.326 e. The second-order valence-corrected chi connectivity index (χ2v) is 13.5. The van der Waals surface area contributed by atoms with E-state index in [0.29, 0.717) is 42.6 Å². The largest absolute Gasteiger partial charge is 0.457 e. The minimum Gasteiger partial charge on any atom is -0.457 e. The standard InChI is InChI=1S/C34H36N6O4S/c1-20-17-25(44-24-5-3-2-4-6-24)9-10-26(20)40-27-11-14-36-31-28(27)29(37-34(40)43)32(45-31)38-30(41)22-12-15-39(16-13-22)33(42)23(19-35)18-21-7-8-21/h2-6,9-10,17-18,21-22,27-28,31,36H,7-8,11-16H2,1H3,(H,37,43)(H,38,41)/b23-18+. The molecule has 0 radical (unpaired) electrons. The SMILES string of the molecule is Cc1cc(Oc2ccccc2)ccc1N1C(=O)NC2=C(NC(=O)C3CCN(C(=O)/C(C#N)=C/C4CC4)CC3)SC3NCCC1C23. The number of allylic oxidation sites excluding steroid dienone is 1. The lowest BCUT2D eigenvalue weighted by Crippen LogP contribution is -2.62. The maximum absolute atomic E-state index is 13.7. The van der Waals surface area contributed by atoms with Gasteiger partial charge in [-0.1, -0.05) is 36.0 Å². The van der Waals surface area contributed by atoms with Crippen molar-refractivity contribution in [2.45, 2.75) is 50.4 Å². The highest BCUT2D eigenvalue weighted by Gasteiger charge is 2.51. The molecule has 7 rings (SSSR count). The molecule has 3 atom stereocenters. The molecule has 4 heterocycles. The molecule has 45 heavy (non-hydrogen) atoms. The zero-order chi connectivity index (χ0) is 31.1. The number of hydrogen-bond donors (Lipinski definition) is 3. The molecule has 0 spiro atoms. The first-order valence-corrected chi connectivity index (χ1v) is 16.6. The second kappa shape index (κ2) is 12.3. The molecular weight excluding hydrogens is 588 g/mol. The first-order chi connectivity index (χ1) is 21.9. The van der Waals surface area contributed by atoms with Crippen LogP contribution in [0.3, 0.4) is 0 Å². The summed E-state index contributed by atoms with van der Waals surface area (Å²) >= 11 is 1.56. The predicted octanol–water partition coefficient (Wildman–Crippen LogP) is 4.75. The number of nitrogens with one attached hydrogen (secondary N) is 3. The van der Waals surface area contributed by atoms with E-state index in [1.165, 1.54) is 0 Å². The zero-order valence-electron chi connectivity index (χ0n) is 25.1. The van der Waals surface area contributed by atoms with E-state index in [2.05, 4.69) is 22.0 Å². The molecule has 1 saturated carbocycles. The summed E-state index contributed by atoms with van der Waals surface area (Å²) in [7, 11) is 0. The topological polar surface area (TPSA) is 127 Å². The van der Waals surface area contributed by atoms with Crippen molar-refractivity contribution >= 4 is 35.3 Å². The summed E-state index contributed by atoms with van der Waals surface area (Å²) in [5.41, 5.74) is 2.77. The predicted molar refractivity (Wildman–Crippen MR) is 171 cm³/mol. The summed E-state index contributed by atoms with van der Waals surface area (Å²) in [6.07, 6.45) is 5.71. The van der Waals surface area contributed by atoms with Gasteiger partial charge in [-0.2, -0.15) is 5.26 Å². The van der Waals surface area contributed by atoms with Gasteiger partial charge in [0.2, 0.25) is 5.91 Å². The molecular formula is C34H36N6O4S. The highest BCUT2D eigenvalue weighted by molar-refractivity contribution is 8.03. The van der Waals surface area contributed by atoms with E-state index in [4.69, 9.17) is 4.74 Å². The Morgan fingerprint density at radius 3 is 2.56 bits per heavy atom. The van der Waals surface area contributed by atoms with Gasteiger partial charge in [-0.15, -0.1) is 0 Å². The number of carbonyl (C=O) groups excluding carboxylic acids is 3. The van der Waals surface area contributed by atoms with Crippen LogP contribution in [0, 0.1) is 36.0 Å². The molecule has 4 amide bonds. The lowest BCUT2D eigenvalue weighted by atomic mass is 9.86. The molecule has 5 aliphatic rings. The lowest BCUT2D eigenvalue weighted by molar-refractivity contribution is -0.132. The van der Waals surface area contributed by atoms with Gasteiger partial charge in [0.25, 0.3) is 5.91 Å². The van der Waals surface area contributed by atoms with Crippen LogP contribution in [-0.4, -0.2) is 53.8 Å². The van der Waals surface area contributed by atoms with Crippen LogP contribution in [0.5, 0.6) is 11.5 Å². The van der Waals surface area contributed by atoms with Crippen LogP contribution in [0.2, 0.25) is 0 Å². The lowest BCUT2D eigenvalue weighted by Gasteiger charge is -2.46. The monoisotopic (exact) mass is 624 g/mol. The van der Waals surface area contributed by atoms with Gasteiger partial charge in [0, 0.05) is 30.6 Å². The van der Waals surface area contributed by atoms with Gasteiger partial charge in [0.15, 0.2) is 0 Å². The number of ether oxygens (including phenoxy) is 1. The van der Waals surface area contributed by atoms with Crippen LogP contribution < -0.4 is 25.6 Å². The normalized spacial score (nSPS) is 24.9. The fourth-order valence-corrected chi connectivity index (χ4v) is 8.19. The van der Waals surface area contributed by atoms with E-state index in [0.717, 1.165) is 48.5 Å². The Morgan fingerprint density at radius 2 is 1.84 bits per heavy atom. The van der Waals surface area contributed by atoms with Gasteiger partial charge in [-0.3, -0.25) is 14.5 Å². The van der Waals surface area contributed by atoms with E-state index >= 15 is 0 Å². The molecule has 4 fully saturated rings.